The second-order valence-corrected chi connectivity index (χ2v) is 7.47. The molecule has 0 radical (unpaired) electrons. The Balaban J connectivity index is 1.60. The molecule has 0 spiro atoms. The third kappa shape index (κ3) is 3.22. The fraction of sp³-hybridized carbons (Fsp3) is 0.600. The minimum absolute atomic E-state index is 0.183. The number of aromatic hydroxyl groups is 1. The minimum Gasteiger partial charge on any atom is -0.508 e. The standard InChI is InChI=1S/C20H29NO/c1-16-15-21(12-10-17-6-3-4-7-17)13-11-20(16,2)18-8-5-9-19(22)14-18/h3,5-6,8-9,14,16-17,22H,4,7,10-13,15H2,1-2H3/t16-,17?,20+/m0/s1. The molecule has 1 N–H and O–H groups in total. The first kappa shape index (κ1) is 15.6. The van der Waals surface area contributed by atoms with Crippen molar-refractivity contribution in [2.45, 2.75) is 44.9 Å². The van der Waals surface area contributed by atoms with Gasteiger partial charge in [-0.25, -0.2) is 0 Å². The Hall–Kier alpha value is -1.28. The van der Waals surface area contributed by atoms with Gasteiger partial charge in [0.05, 0.1) is 0 Å². The molecule has 120 valence electrons. The summed E-state index contributed by atoms with van der Waals surface area (Å²) in [6.07, 6.45) is 9.86. The van der Waals surface area contributed by atoms with Gasteiger partial charge in [-0.2, -0.15) is 0 Å². The highest BCUT2D eigenvalue weighted by molar-refractivity contribution is 5.33. The molecule has 0 aromatic heterocycles. The van der Waals surface area contributed by atoms with Crippen LogP contribution in [0.2, 0.25) is 0 Å². The van der Waals surface area contributed by atoms with Gasteiger partial charge < -0.3 is 10.0 Å². The number of allylic oxidation sites excluding steroid dienone is 2. The van der Waals surface area contributed by atoms with Crippen LogP contribution < -0.4 is 0 Å². The summed E-state index contributed by atoms with van der Waals surface area (Å²) in [6, 6.07) is 7.87. The largest absolute Gasteiger partial charge is 0.508 e. The van der Waals surface area contributed by atoms with Crippen molar-refractivity contribution in [3.8, 4) is 5.75 Å². The van der Waals surface area contributed by atoms with E-state index in [4.69, 9.17) is 0 Å². The van der Waals surface area contributed by atoms with Crippen LogP contribution in [0.3, 0.4) is 0 Å². The molecular weight excluding hydrogens is 270 g/mol. The number of nitrogens with zero attached hydrogens (tertiary/aromatic N) is 1. The first-order valence-electron chi connectivity index (χ1n) is 8.76. The Morgan fingerprint density at radius 3 is 2.91 bits per heavy atom. The third-order valence-electron chi connectivity index (χ3n) is 6.00. The zero-order valence-corrected chi connectivity index (χ0v) is 14.0. The maximum absolute atomic E-state index is 9.79. The Kier molecular flexibility index (Phi) is 4.58. The normalized spacial score (nSPS) is 32.5. The van der Waals surface area contributed by atoms with Crippen LogP contribution in [0.4, 0.5) is 0 Å². The van der Waals surface area contributed by atoms with Gasteiger partial charge in [0.25, 0.3) is 0 Å². The van der Waals surface area contributed by atoms with Crippen LogP contribution in [-0.2, 0) is 5.41 Å². The summed E-state index contributed by atoms with van der Waals surface area (Å²) in [5, 5.41) is 9.79. The molecule has 0 saturated carbocycles. The lowest BCUT2D eigenvalue weighted by molar-refractivity contribution is 0.107. The van der Waals surface area contributed by atoms with Gasteiger partial charge in [-0.05, 0) is 73.7 Å². The van der Waals surface area contributed by atoms with E-state index in [0.29, 0.717) is 11.7 Å². The second kappa shape index (κ2) is 6.45. The summed E-state index contributed by atoms with van der Waals surface area (Å²) in [7, 11) is 0. The van der Waals surface area contributed by atoms with E-state index in [1.807, 2.05) is 12.1 Å². The maximum atomic E-state index is 9.79. The molecule has 0 bridgehead atoms. The van der Waals surface area contributed by atoms with Crippen molar-refractivity contribution in [1.29, 1.82) is 0 Å². The van der Waals surface area contributed by atoms with Crippen LogP contribution in [0.15, 0.2) is 36.4 Å². The highest BCUT2D eigenvalue weighted by atomic mass is 16.3. The molecule has 1 fully saturated rings. The molecule has 1 aromatic carbocycles. The number of likely N-dealkylation sites (tertiary alicyclic amines) is 1. The maximum Gasteiger partial charge on any atom is 0.115 e. The fourth-order valence-electron chi connectivity index (χ4n) is 4.09. The molecule has 1 aliphatic carbocycles. The Morgan fingerprint density at radius 2 is 2.23 bits per heavy atom. The fourth-order valence-corrected chi connectivity index (χ4v) is 4.09. The molecule has 2 aliphatic rings. The van der Waals surface area contributed by atoms with Gasteiger partial charge in [-0.1, -0.05) is 38.1 Å². The van der Waals surface area contributed by atoms with E-state index in [-0.39, 0.29) is 5.41 Å². The van der Waals surface area contributed by atoms with Gasteiger partial charge in [0.2, 0.25) is 0 Å². The summed E-state index contributed by atoms with van der Waals surface area (Å²) in [5.41, 5.74) is 1.47. The zero-order valence-electron chi connectivity index (χ0n) is 14.0. The predicted octanol–water partition coefficient (Wildman–Crippen LogP) is 4.35. The van der Waals surface area contributed by atoms with E-state index < -0.39 is 0 Å². The molecule has 1 aliphatic heterocycles. The van der Waals surface area contributed by atoms with E-state index in [1.54, 1.807) is 6.07 Å². The van der Waals surface area contributed by atoms with Gasteiger partial charge in [0, 0.05) is 6.54 Å². The van der Waals surface area contributed by atoms with Gasteiger partial charge in [-0.3, -0.25) is 0 Å². The minimum atomic E-state index is 0.183. The average Bonchev–Trinajstić information content (AvgIpc) is 3.02. The lowest BCUT2D eigenvalue weighted by atomic mass is 9.68. The SMILES string of the molecule is C[C@H]1CN(CCC2C=CCC2)CC[C@@]1(C)c1cccc(O)c1. The lowest BCUT2D eigenvalue weighted by Gasteiger charge is -2.45. The molecule has 1 aromatic rings. The zero-order chi connectivity index (χ0) is 15.6. The highest BCUT2D eigenvalue weighted by Crippen LogP contribution is 2.40. The lowest BCUT2D eigenvalue weighted by Crippen LogP contribution is -2.47. The van der Waals surface area contributed by atoms with Crippen molar-refractivity contribution in [3.63, 3.8) is 0 Å². The summed E-state index contributed by atoms with van der Waals surface area (Å²) in [5.74, 6) is 1.82. The van der Waals surface area contributed by atoms with Crippen LogP contribution in [0, 0.1) is 11.8 Å². The van der Waals surface area contributed by atoms with Gasteiger partial charge >= 0.3 is 0 Å². The average molecular weight is 299 g/mol. The molecule has 2 nitrogen and oxygen atoms in total. The molecule has 0 amide bonds. The van der Waals surface area contributed by atoms with Gasteiger partial charge in [-0.15, -0.1) is 0 Å². The number of benzene rings is 1. The molecule has 2 heteroatoms. The number of phenolic OH excluding ortho intramolecular Hbond substituents is 1. The van der Waals surface area contributed by atoms with Crippen molar-refractivity contribution in [3.05, 3.63) is 42.0 Å². The first-order valence-corrected chi connectivity index (χ1v) is 8.76. The predicted molar refractivity (Wildman–Crippen MR) is 92.2 cm³/mol. The first-order chi connectivity index (χ1) is 10.6. The summed E-state index contributed by atoms with van der Waals surface area (Å²) in [4.78, 5) is 2.64. The van der Waals surface area contributed by atoms with Crippen LogP contribution in [0.1, 0.15) is 45.1 Å². The second-order valence-electron chi connectivity index (χ2n) is 7.47. The smallest absolute Gasteiger partial charge is 0.115 e. The van der Waals surface area contributed by atoms with Crippen molar-refractivity contribution in [2.75, 3.05) is 19.6 Å². The number of piperidine rings is 1. The van der Waals surface area contributed by atoms with Crippen LogP contribution in [-0.4, -0.2) is 29.6 Å². The van der Waals surface area contributed by atoms with Crippen molar-refractivity contribution in [2.24, 2.45) is 11.8 Å². The number of hydrogen-bond donors (Lipinski definition) is 1. The van der Waals surface area contributed by atoms with E-state index in [9.17, 15) is 5.11 Å². The summed E-state index contributed by atoms with van der Waals surface area (Å²) >= 11 is 0. The quantitative estimate of drug-likeness (QED) is 0.836. The van der Waals surface area contributed by atoms with Crippen LogP contribution >= 0.6 is 0 Å². The summed E-state index contributed by atoms with van der Waals surface area (Å²) < 4.78 is 0. The molecule has 1 heterocycles. The monoisotopic (exact) mass is 299 g/mol. The molecule has 3 atom stereocenters. The molecule has 22 heavy (non-hydrogen) atoms. The molecule has 1 unspecified atom stereocenters. The molecule has 3 rings (SSSR count). The van der Waals surface area contributed by atoms with Crippen LogP contribution in [0.25, 0.3) is 0 Å². The Labute approximate surface area is 134 Å². The van der Waals surface area contributed by atoms with Crippen molar-refractivity contribution < 1.29 is 5.11 Å². The molecular formula is C20H29NO. The number of phenols is 1. The topological polar surface area (TPSA) is 23.5 Å². The highest BCUT2D eigenvalue weighted by Gasteiger charge is 2.38. The summed E-state index contributed by atoms with van der Waals surface area (Å²) in [6.45, 7) is 8.31. The van der Waals surface area contributed by atoms with Crippen LogP contribution in [0.5, 0.6) is 5.75 Å². The van der Waals surface area contributed by atoms with Crippen molar-refractivity contribution in [1.82, 2.24) is 4.90 Å². The molecule has 1 saturated heterocycles. The van der Waals surface area contributed by atoms with E-state index in [1.165, 1.54) is 50.9 Å². The number of rotatable bonds is 4. The van der Waals surface area contributed by atoms with Crippen molar-refractivity contribution >= 4 is 0 Å². The van der Waals surface area contributed by atoms with Gasteiger partial charge in [0.15, 0.2) is 0 Å². The van der Waals surface area contributed by atoms with E-state index >= 15 is 0 Å². The third-order valence-corrected chi connectivity index (χ3v) is 6.00. The Morgan fingerprint density at radius 1 is 1.36 bits per heavy atom. The van der Waals surface area contributed by atoms with Gasteiger partial charge in [0.1, 0.15) is 5.75 Å². The van der Waals surface area contributed by atoms with E-state index in [0.717, 1.165) is 5.92 Å². The Bertz CT molecular complexity index is 538. The number of hydrogen-bond acceptors (Lipinski definition) is 2. The van der Waals surface area contributed by atoms with E-state index in [2.05, 4.69) is 37.0 Å².